The average molecular weight is 335 g/mol. The van der Waals surface area contributed by atoms with Crippen LogP contribution in [0.3, 0.4) is 0 Å². The number of hydrogen-bond donors (Lipinski definition) is 3. The standard InChI is InChI=1S/C17H22FN3O3/c1-10(2)15(17(24)19-9-14(22)20-13-7-8-13)21-16(23)11-3-5-12(18)6-4-11/h3-6,10,13,15H,7-9H2,1-2H3,(H,19,24)(H,20,22)(H,21,23). The van der Waals surface area contributed by atoms with Gasteiger partial charge >= 0.3 is 0 Å². The number of halogens is 1. The van der Waals surface area contributed by atoms with E-state index in [4.69, 9.17) is 0 Å². The lowest BCUT2D eigenvalue weighted by Crippen LogP contribution is -2.51. The number of carbonyl (C=O) groups excluding carboxylic acids is 3. The van der Waals surface area contributed by atoms with Crippen molar-refractivity contribution in [2.24, 2.45) is 5.92 Å². The van der Waals surface area contributed by atoms with Gasteiger partial charge in [-0.1, -0.05) is 13.8 Å². The first-order chi connectivity index (χ1) is 11.4. The number of carbonyl (C=O) groups is 3. The fraction of sp³-hybridized carbons (Fsp3) is 0.471. The number of benzene rings is 1. The Kier molecular flexibility index (Phi) is 5.89. The molecule has 0 bridgehead atoms. The molecule has 1 aliphatic rings. The molecule has 1 saturated carbocycles. The van der Waals surface area contributed by atoms with Gasteiger partial charge in [0.25, 0.3) is 5.91 Å². The first-order valence-electron chi connectivity index (χ1n) is 8.00. The van der Waals surface area contributed by atoms with Crippen LogP contribution in [0.15, 0.2) is 24.3 Å². The molecule has 1 atom stereocenters. The van der Waals surface area contributed by atoms with Crippen LogP contribution in [0.4, 0.5) is 4.39 Å². The third-order valence-electron chi connectivity index (χ3n) is 3.71. The van der Waals surface area contributed by atoms with E-state index in [-0.39, 0.29) is 30.0 Å². The zero-order chi connectivity index (χ0) is 17.7. The molecular weight excluding hydrogens is 313 g/mol. The second-order valence-corrected chi connectivity index (χ2v) is 6.26. The van der Waals surface area contributed by atoms with Crippen LogP contribution in [0.5, 0.6) is 0 Å². The topological polar surface area (TPSA) is 87.3 Å². The zero-order valence-corrected chi connectivity index (χ0v) is 13.8. The maximum atomic E-state index is 12.9. The maximum absolute atomic E-state index is 12.9. The Balaban J connectivity index is 1.89. The molecule has 3 amide bonds. The highest BCUT2D eigenvalue weighted by Crippen LogP contribution is 2.18. The SMILES string of the molecule is CC(C)C(NC(=O)c1ccc(F)cc1)C(=O)NCC(=O)NC1CC1. The first kappa shape index (κ1) is 17.9. The van der Waals surface area contributed by atoms with E-state index in [1.54, 1.807) is 13.8 Å². The highest BCUT2D eigenvalue weighted by Gasteiger charge is 2.26. The second kappa shape index (κ2) is 7.90. The van der Waals surface area contributed by atoms with E-state index in [0.717, 1.165) is 12.8 Å². The molecule has 1 unspecified atom stereocenters. The minimum absolute atomic E-state index is 0.120. The van der Waals surface area contributed by atoms with Crippen LogP contribution < -0.4 is 16.0 Å². The summed E-state index contributed by atoms with van der Waals surface area (Å²) in [7, 11) is 0. The van der Waals surface area contributed by atoms with Gasteiger partial charge in [-0.3, -0.25) is 14.4 Å². The van der Waals surface area contributed by atoms with Crippen LogP contribution in [-0.2, 0) is 9.59 Å². The Morgan fingerprint density at radius 2 is 1.79 bits per heavy atom. The van der Waals surface area contributed by atoms with E-state index < -0.39 is 23.7 Å². The lowest BCUT2D eigenvalue weighted by atomic mass is 10.0. The predicted octanol–water partition coefficient (Wildman–Crippen LogP) is 0.975. The van der Waals surface area contributed by atoms with Crippen LogP contribution in [0.1, 0.15) is 37.0 Å². The van der Waals surface area contributed by atoms with Crippen LogP contribution in [-0.4, -0.2) is 36.3 Å². The average Bonchev–Trinajstić information content (AvgIpc) is 3.34. The molecule has 0 saturated heterocycles. The maximum Gasteiger partial charge on any atom is 0.251 e. The van der Waals surface area contributed by atoms with Gasteiger partial charge in [-0.05, 0) is 43.0 Å². The molecule has 1 fully saturated rings. The third kappa shape index (κ3) is 5.33. The van der Waals surface area contributed by atoms with Crippen molar-refractivity contribution in [1.29, 1.82) is 0 Å². The monoisotopic (exact) mass is 335 g/mol. The van der Waals surface area contributed by atoms with E-state index in [0.29, 0.717) is 0 Å². The zero-order valence-electron chi connectivity index (χ0n) is 13.8. The highest BCUT2D eigenvalue weighted by molar-refractivity contribution is 5.98. The molecule has 1 aliphatic carbocycles. The summed E-state index contributed by atoms with van der Waals surface area (Å²) in [5.41, 5.74) is 0.265. The smallest absolute Gasteiger partial charge is 0.251 e. The summed E-state index contributed by atoms with van der Waals surface area (Å²) in [4.78, 5) is 36.0. The quantitative estimate of drug-likeness (QED) is 0.694. The molecule has 2 rings (SSSR count). The summed E-state index contributed by atoms with van der Waals surface area (Å²) >= 11 is 0. The summed E-state index contributed by atoms with van der Waals surface area (Å²) in [6.07, 6.45) is 1.95. The van der Waals surface area contributed by atoms with Crippen molar-refractivity contribution in [2.45, 2.75) is 38.8 Å². The minimum atomic E-state index is -0.781. The summed E-state index contributed by atoms with van der Waals surface area (Å²) < 4.78 is 12.9. The molecular formula is C17H22FN3O3. The predicted molar refractivity (Wildman–Crippen MR) is 86.7 cm³/mol. The lowest BCUT2D eigenvalue weighted by Gasteiger charge is -2.21. The number of nitrogens with one attached hydrogen (secondary N) is 3. The second-order valence-electron chi connectivity index (χ2n) is 6.26. The van der Waals surface area contributed by atoms with Crippen molar-refractivity contribution in [3.63, 3.8) is 0 Å². The van der Waals surface area contributed by atoms with Crippen LogP contribution in [0.2, 0.25) is 0 Å². The summed E-state index contributed by atoms with van der Waals surface area (Å²) in [6.45, 7) is 3.46. The van der Waals surface area contributed by atoms with Gasteiger partial charge in [0.1, 0.15) is 11.9 Å². The van der Waals surface area contributed by atoms with Crippen LogP contribution in [0.25, 0.3) is 0 Å². The molecule has 0 aliphatic heterocycles. The highest BCUT2D eigenvalue weighted by atomic mass is 19.1. The molecule has 1 aromatic carbocycles. The van der Waals surface area contributed by atoms with Gasteiger partial charge in [-0.25, -0.2) is 4.39 Å². The van der Waals surface area contributed by atoms with Crippen molar-refractivity contribution in [3.05, 3.63) is 35.6 Å². The number of rotatable bonds is 7. The minimum Gasteiger partial charge on any atom is -0.352 e. The molecule has 6 nitrogen and oxygen atoms in total. The Hall–Kier alpha value is -2.44. The van der Waals surface area contributed by atoms with Crippen molar-refractivity contribution >= 4 is 17.7 Å². The van der Waals surface area contributed by atoms with Crippen LogP contribution in [0, 0.1) is 11.7 Å². The van der Waals surface area contributed by atoms with Gasteiger partial charge in [-0.2, -0.15) is 0 Å². The Bertz CT molecular complexity index is 612. The van der Waals surface area contributed by atoms with E-state index in [1.165, 1.54) is 24.3 Å². The fourth-order valence-corrected chi connectivity index (χ4v) is 2.14. The van der Waals surface area contributed by atoms with Gasteiger partial charge in [-0.15, -0.1) is 0 Å². The van der Waals surface area contributed by atoms with Gasteiger partial charge in [0.05, 0.1) is 6.54 Å². The largest absolute Gasteiger partial charge is 0.352 e. The van der Waals surface area contributed by atoms with Crippen molar-refractivity contribution < 1.29 is 18.8 Å². The molecule has 1 aromatic rings. The van der Waals surface area contributed by atoms with Gasteiger partial charge in [0.15, 0.2) is 0 Å². The Labute approximate surface area is 140 Å². The molecule has 3 N–H and O–H groups in total. The van der Waals surface area contributed by atoms with Gasteiger partial charge < -0.3 is 16.0 Å². The molecule has 7 heteroatoms. The van der Waals surface area contributed by atoms with E-state index >= 15 is 0 Å². The molecule has 0 radical (unpaired) electrons. The molecule has 24 heavy (non-hydrogen) atoms. The normalized spacial score (nSPS) is 14.8. The fourth-order valence-electron chi connectivity index (χ4n) is 2.14. The molecule has 0 aromatic heterocycles. The number of hydrogen-bond acceptors (Lipinski definition) is 3. The molecule has 0 heterocycles. The van der Waals surface area contributed by atoms with Gasteiger partial charge in [0.2, 0.25) is 11.8 Å². The van der Waals surface area contributed by atoms with Crippen LogP contribution >= 0.6 is 0 Å². The summed E-state index contributed by atoms with van der Waals surface area (Å²) in [6, 6.07) is 4.51. The Morgan fingerprint density at radius 3 is 2.33 bits per heavy atom. The lowest BCUT2D eigenvalue weighted by molar-refractivity contribution is -0.127. The van der Waals surface area contributed by atoms with Gasteiger partial charge in [0, 0.05) is 11.6 Å². The third-order valence-corrected chi connectivity index (χ3v) is 3.71. The summed E-state index contributed by atoms with van der Waals surface area (Å²) in [5, 5.41) is 7.93. The summed E-state index contributed by atoms with van der Waals surface area (Å²) in [5.74, 6) is -1.73. The molecule has 130 valence electrons. The number of amides is 3. The first-order valence-corrected chi connectivity index (χ1v) is 8.00. The Morgan fingerprint density at radius 1 is 1.17 bits per heavy atom. The van der Waals surface area contributed by atoms with E-state index in [2.05, 4.69) is 16.0 Å². The van der Waals surface area contributed by atoms with E-state index in [1.807, 2.05) is 0 Å². The van der Waals surface area contributed by atoms with Crippen molar-refractivity contribution in [3.8, 4) is 0 Å². The van der Waals surface area contributed by atoms with E-state index in [9.17, 15) is 18.8 Å². The van der Waals surface area contributed by atoms with Crippen molar-refractivity contribution in [1.82, 2.24) is 16.0 Å². The van der Waals surface area contributed by atoms with Crippen molar-refractivity contribution in [2.75, 3.05) is 6.54 Å². The molecule has 0 spiro atoms.